The molecule has 0 saturated heterocycles. The number of anilines is 2. The summed E-state index contributed by atoms with van der Waals surface area (Å²) in [6.07, 6.45) is -0.493. The van der Waals surface area contributed by atoms with Crippen LogP contribution in [0.15, 0.2) is 18.2 Å². The number of nitrogens with one attached hydrogen (secondary N) is 1. The highest BCUT2D eigenvalue weighted by Gasteiger charge is 2.13. The molecule has 1 aromatic carbocycles. The second-order valence-electron chi connectivity index (χ2n) is 3.61. The first-order valence-corrected chi connectivity index (χ1v) is 5.91. The molecule has 17 heavy (non-hydrogen) atoms. The Morgan fingerprint density at radius 3 is 3.06 bits per heavy atom. The molecule has 90 valence electrons. The van der Waals surface area contributed by atoms with Crippen LogP contribution in [0, 0.1) is 0 Å². The Labute approximate surface area is 103 Å². The van der Waals surface area contributed by atoms with E-state index in [0.717, 1.165) is 10.2 Å². The summed E-state index contributed by atoms with van der Waals surface area (Å²) < 4.78 is 5.87. The van der Waals surface area contributed by atoms with E-state index in [1.807, 2.05) is 12.1 Å². The first kappa shape index (κ1) is 11.8. The molecule has 0 saturated carbocycles. The first-order chi connectivity index (χ1) is 8.10. The number of rotatable bonds is 3. The molecule has 0 aliphatic heterocycles. The van der Waals surface area contributed by atoms with E-state index in [2.05, 4.69) is 10.3 Å². The smallest absolute Gasteiger partial charge is 0.254 e. The van der Waals surface area contributed by atoms with E-state index in [4.69, 9.17) is 10.5 Å². The quantitative estimate of drug-likeness (QED) is 0.816. The molecular weight excluding hydrogens is 238 g/mol. The van der Waals surface area contributed by atoms with Crippen LogP contribution in [0.1, 0.15) is 6.92 Å². The molecule has 0 aliphatic carbocycles. The van der Waals surface area contributed by atoms with Crippen molar-refractivity contribution < 1.29 is 9.53 Å². The zero-order chi connectivity index (χ0) is 12.4. The molecule has 2 rings (SSSR count). The molecule has 0 spiro atoms. The van der Waals surface area contributed by atoms with Gasteiger partial charge in [-0.05, 0) is 25.1 Å². The number of hydrogen-bond acceptors (Lipinski definition) is 5. The molecule has 2 aromatic rings. The third-order valence-electron chi connectivity index (χ3n) is 2.37. The van der Waals surface area contributed by atoms with Gasteiger partial charge < -0.3 is 10.5 Å². The van der Waals surface area contributed by atoms with Crippen LogP contribution in [-0.2, 0) is 9.53 Å². The van der Waals surface area contributed by atoms with Crippen LogP contribution in [0.5, 0.6) is 0 Å². The third-order valence-corrected chi connectivity index (χ3v) is 3.30. The summed E-state index contributed by atoms with van der Waals surface area (Å²) in [5.74, 6) is -0.209. The lowest BCUT2D eigenvalue weighted by atomic mass is 10.3. The topological polar surface area (TPSA) is 77.2 Å². The normalized spacial score (nSPS) is 12.6. The van der Waals surface area contributed by atoms with Crippen molar-refractivity contribution in [1.29, 1.82) is 0 Å². The summed E-state index contributed by atoms with van der Waals surface area (Å²) in [7, 11) is 1.49. The van der Waals surface area contributed by atoms with Gasteiger partial charge in [-0.3, -0.25) is 10.1 Å². The number of hydrogen-bond donors (Lipinski definition) is 2. The minimum atomic E-state index is -0.493. The predicted molar refractivity (Wildman–Crippen MR) is 69.1 cm³/mol. The molecule has 1 heterocycles. The van der Waals surface area contributed by atoms with Crippen molar-refractivity contribution in [2.24, 2.45) is 0 Å². The van der Waals surface area contributed by atoms with Gasteiger partial charge in [0.25, 0.3) is 5.91 Å². The minimum absolute atomic E-state index is 0.209. The largest absolute Gasteiger partial charge is 0.399 e. The van der Waals surface area contributed by atoms with E-state index in [1.165, 1.54) is 18.4 Å². The number of carbonyl (C=O) groups excluding carboxylic acids is 1. The average molecular weight is 251 g/mol. The monoisotopic (exact) mass is 251 g/mol. The summed E-state index contributed by atoms with van der Waals surface area (Å²) in [5.41, 5.74) is 7.18. The van der Waals surface area contributed by atoms with Gasteiger partial charge in [-0.15, -0.1) is 0 Å². The van der Waals surface area contributed by atoms with Gasteiger partial charge in [0, 0.05) is 12.8 Å². The predicted octanol–water partition coefficient (Wildman–Crippen LogP) is 1.85. The van der Waals surface area contributed by atoms with Gasteiger partial charge in [-0.25, -0.2) is 4.98 Å². The van der Waals surface area contributed by atoms with E-state index in [-0.39, 0.29) is 5.91 Å². The molecule has 6 heteroatoms. The van der Waals surface area contributed by atoms with E-state index in [9.17, 15) is 4.79 Å². The zero-order valence-corrected chi connectivity index (χ0v) is 10.4. The summed E-state index contributed by atoms with van der Waals surface area (Å²) in [4.78, 5) is 15.9. The molecule has 0 bridgehead atoms. The molecule has 1 aromatic heterocycles. The Hall–Kier alpha value is -1.66. The summed E-state index contributed by atoms with van der Waals surface area (Å²) in [5, 5.41) is 3.26. The molecule has 1 atom stereocenters. The van der Waals surface area contributed by atoms with Crippen LogP contribution in [0.3, 0.4) is 0 Å². The molecule has 1 unspecified atom stereocenters. The Morgan fingerprint density at radius 2 is 2.35 bits per heavy atom. The number of benzene rings is 1. The van der Waals surface area contributed by atoms with Crippen LogP contribution in [0.25, 0.3) is 10.2 Å². The fourth-order valence-corrected chi connectivity index (χ4v) is 2.23. The average Bonchev–Trinajstić information content (AvgIpc) is 2.69. The molecule has 5 nitrogen and oxygen atoms in total. The molecule has 1 amide bonds. The van der Waals surface area contributed by atoms with Gasteiger partial charge in [-0.2, -0.15) is 0 Å². The number of ether oxygens (including phenoxy) is 1. The van der Waals surface area contributed by atoms with Crippen LogP contribution in [0.2, 0.25) is 0 Å². The number of nitrogen functional groups attached to an aromatic ring is 1. The maximum atomic E-state index is 11.6. The Morgan fingerprint density at radius 1 is 1.59 bits per heavy atom. The summed E-state index contributed by atoms with van der Waals surface area (Å²) >= 11 is 1.39. The van der Waals surface area contributed by atoms with Crippen molar-refractivity contribution in [3.8, 4) is 0 Å². The highest BCUT2D eigenvalue weighted by Crippen LogP contribution is 2.27. The number of nitrogens with zero attached hydrogens (tertiary/aromatic N) is 1. The summed E-state index contributed by atoms with van der Waals surface area (Å²) in [6.45, 7) is 1.68. The number of thiazole rings is 1. The second kappa shape index (κ2) is 4.68. The molecule has 0 aliphatic rings. The van der Waals surface area contributed by atoms with Crippen molar-refractivity contribution in [3.05, 3.63) is 18.2 Å². The van der Waals surface area contributed by atoms with E-state index >= 15 is 0 Å². The fraction of sp³-hybridized carbons (Fsp3) is 0.273. The third kappa shape index (κ3) is 2.54. The number of nitrogens with two attached hydrogens (primary N) is 1. The maximum Gasteiger partial charge on any atom is 0.254 e. The van der Waals surface area contributed by atoms with Crippen molar-refractivity contribution >= 4 is 38.3 Å². The van der Waals surface area contributed by atoms with Crippen LogP contribution < -0.4 is 11.1 Å². The standard InChI is InChI=1S/C11H13N3O2S/c1-6(16-2)10(15)14-11-13-8-4-3-7(12)5-9(8)17-11/h3-6H,12H2,1-2H3,(H,13,14,15). The SMILES string of the molecule is COC(C)C(=O)Nc1nc2ccc(N)cc2s1. The fourth-order valence-electron chi connectivity index (χ4n) is 1.31. The van der Waals surface area contributed by atoms with Crippen molar-refractivity contribution in [3.63, 3.8) is 0 Å². The Bertz CT molecular complexity index is 553. The zero-order valence-electron chi connectivity index (χ0n) is 9.56. The van der Waals surface area contributed by atoms with Crippen molar-refractivity contribution in [2.45, 2.75) is 13.0 Å². The molecule has 3 N–H and O–H groups in total. The van der Waals surface area contributed by atoms with Gasteiger partial charge in [0.2, 0.25) is 0 Å². The number of carbonyl (C=O) groups is 1. The van der Waals surface area contributed by atoms with Crippen molar-refractivity contribution in [1.82, 2.24) is 4.98 Å². The lowest BCUT2D eigenvalue weighted by Gasteiger charge is -2.07. The Balaban J connectivity index is 2.22. The van der Waals surface area contributed by atoms with Gasteiger partial charge in [0.1, 0.15) is 6.10 Å². The number of methoxy groups -OCH3 is 1. The van der Waals surface area contributed by atoms with Gasteiger partial charge in [-0.1, -0.05) is 11.3 Å². The van der Waals surface area contributed by atoms with Crippen LogP contribution in [0.4, 0.5) is 10.8 Å². The van der Waals surface area contributed by atoms with Crippen molar-refractivity contribution in [2.75, 3.05) is 18.2 Å². The first-order valence-electron chi connectivity index (χ1n) is 5.10. The lowest BCUT2D eigenvalue weighted by Crippen LogP contribution is -2.26. The van der Waals surface area contributed by atoms with E-state index in [1.54, 1.807) is 13.0 Å². The Kier molecular flexibility index (Phi) is 3.26. The lowest BCUT2D eigenvalue weighted by molar-refractivity contribution is -0.124. The minimum Gasteiger partial charge on any atom is -0.399 e. The van der Waals surface area contributed by atoms with E-state index < -0.39 is 6.10 Å². The number of amides is 1. The number of aromatic nitrogens is 1. The van der Waals surface area contributed by atoms with Crippen LogP contribution >= 0.6 is 11.3 Å². The van der Waals surface area contributed by atoms with E-state index in [0.29, 0.717) is 10.8 Å². The summed E-state index contributed by atoms with van der Waals surface area (Å²) in [6, 6.07) is 5.45. The molecule has 0 fully saturated rings. The molecular formula is C11H13N3O2S. The highest BCUT2D eigenvalue weighted by atomic mass is 32.1. The second-order valence-corrected chi connectivity index (χ2v) is 4.64. The van der Waals surface area contributed by atoms with Crippen LogP contribution in [-0.4, -0.2) is 24.1 Å². The maximum absolute atomic E-state index is 11.6. The van der Waals surface area contributed by atoms with Gasteiger partial charge >= 0.3 is 0 Å². The molecule has 0 radical (unpaired) electrons. The van der Waals surface area contributed by atoms with Gasteiger partial charge in [0.05, 0.1) is 10.2 Å². The van der Waals surface area contributed by atoms with Gasteiger partial charge in [0.15, 0.2) is 5.13 Å². The number of fused-ring (bicyclic) bond motifs is 1. The highest BCUT2D eigenvalue weighted by molar-refractivity contribution is 7.22.